The summed E-state index contributed by atoms with van der Waals surface area (Å²) in [6.45, 7) is 4.08. The largest absolute Gasteiger partial charge is 0.377 e. The Kier molecular flexibility index (Phi) is 4.87. The second-order valence-corrected chi connectivity index (χ2v) is 4.96. The number of benzene rings is 1. The first-order chi connectivity index (χ1) is 8.83. The van der Waals surface area contributed by atoms with Crippen molar-refractivity contribution in [2.24, 2.45) is 5.73 Å². The SMILES string of the molecule is CCCOCc1cccc(-c2nc(CN)cs2)c1. The van der Waals surface area contributed by atoms with Crippen molar-refractivity contribution in [1.29, 1.82) is 0 Å². The number of aromatic nitrogens is 1. The number of rotatable bonds is 6. The lowest BCUT2D eigenvalue weighted by molar-refractivity contribution is 0.121. The van der Waals surface area contributed by atoms with Crippen LogP contribution in [0.15, 0.2) is 29.6 Å². The molecule has 0 amide bonds. The van der Waals surface area contributed by atoms with Crippen LogP contribution < -0.4 is 5.73 Å². The molecule has 2 N–H and O–H groups in total. The first-order valence-corrected chi connectivity index (χ1v) is 7.03. The standard InChI is InChI=1S/C14H18N2OS/c1-2-6-17-9-11-4-3-5-12(7-11)14-16-13(8-15)10-18-14/h3-5,7,10H,2,6,8-9,15H2,1H3. The third-order valence-electron chi connectivity index (χ3n) is 2.55. The van der Waals surface area contributed by atoms with Crippen molar-refractivity contribution in [3.63, 3.8) is 0 Å². The van der Waals surface area contributed by atoms with Gasteiger partial charge in [0.1, 0.15) is 5.01 Å². The molecule has 1 heterocycles. The monoisotopic (exact) mass is 262 g/mol. The number of nitrogens with zero attached hydrogens (tertiary/aromatic N) is 1. The maximum absolute atomic E-state index is 5.58. The fraction of sp³-hybridized carbons (Fsp3) is 0.357. The van der Waals surface area contributed by atoms with Gasteiger partial charge < -0.3 is 10.5 Å². The van der Waals surface area contributed by atoms with E-state index in [4.69, 9.17) is 10.5 Å². The molecular formula is C14H18N2OS. The van der Waals surface area contributed by atoms with Gasteiger partial charge in [0.25, 0.3) is 0 Å². The summed E-state index contributed by atoms with van der Waals surface area (Å²) in [6.07, 6.45) is 1.05. The van der Waals surface area contributed by atoms with Gasteiger partial charge in [-0.2, -0.15) is 0 Å². The zero-order valence-electron chi connectivity index (χ0n) is 10.6. The van der Waals surface area contributed by atoms with E-state index in [0.29, 0.717) is 13.2 Å². The van der Waals surface area contributed by atoms with Gasteiger partial charge in [-0.15, -0.1) is 11.3 Å². The molecule has 0 unspecified atom stereocenters. The Morgan fingerprint density at radius 1 is 1.39 bits per heavy atom. The molecule has 0 radical (unpaired) electrons. The summed E-state index contributed by atoms with van der Waals surface area (Å²) in [5.41, 5.74) is 8.85. The van der Waals surface area contributed by atoms with E-state index in [2.05, 4.69) is 30.1 Å². The lowest BCUT2D eigenvalue weighted by atomic mass is 10.1. The molecular weight excluding hydrogens is 244 g/mol. The van der Waals surface area contributed by atoms with Gasteiger partial charge in [-0.1, -0.05) is 25.1 Å². The Labute approximate surface area is 112 Å². The van der Waals surface area contributed by atoms with Gasteiger partial charge in [0, 0.05) is 24.1 Å². The summed E-state index contributed by atoms with van der Waals surface area (Å²) in [6, 6.07) is 8.33. The molecule has 0 aliphatic rings. The molecule has 0 atom stereocenters. The van der Waals surface area contributed by atoms with Crippen LogP contribution in [-0.2, 0) is 17.9 Å². The molecule has 2 rings (SSSR count). The Hall–Kier alpha value is -1.23. The molecule has 1 aromatic heterocycles. The third kappa shape index (κ3) is 3.38. The minimum absolute atomic E-state index is 0.496. The molecule has 0 bridgehead atoms. The van der Waals surface area contributed by atoms with Crippen LogP contribution >= 0.6 is 11.3 Å². The highest BCUT2D eigenvalue weighted by Crippen LogP contribution is 2.24. The van der Waals surface area contributed by atoms with Gasteiger partial charge in [-0.3, -0.25) is 0 Å². The van der Waals surface area contributed by atoms with Gasteiger partial charge in [-0.25, -0.2) is 4.98 Å². The maximum Gasteiger partial charge on any atom is 0.123 e. The zero-order valence-corrected chi connectivity index (χ0v) is 11.4. The normalized spacial score (nSPS) is 10.8. The van der Waals surface area contributed by atoms with E-state index in [0.717, 1.165) is 29.3 Å². The fourth-order valence-electron chi connectivity index (χ4n) is 1.66. The van der Waals surface area contributed by atoms with Crippen LogP contribution in [0.3, 0.4) is 0 Å². The lowest BCUT2D eigenvalue weighted by Crippen LogP contribution is -1.96. The minimum atomic E-state index is 0.496. The molecule has 0 aliphatic carbocycles. The van der Waals surface area contributed by atoms with Crippen LogP contribution in [0.1, 0.15) is 24.6 Å². The molecule has 1 aromatic carbocycles. The molecule has 4 heteroatoms. The van der Waals surface area contributed by atoms with Crippen LogP contribution in [0.2, 0.25) is 0 Å². The van der Waals surface area contributed by atoms with E-state index in [1.165, 1.54) is 5.56 Å². The van der Waals surface area contributed by atoms with E-state index < -0.39 is 0 Å². The van der Waals surface area contributed by atoms with Gasteiger partial charge in [0.05, 0.1) is 12.3 Å². The zero-order chi connectivity index (χ0) is 12.8. The third-order valence-corrected chi connectivity index (χ3v) is 3.49. The van der Waals surface area contributed by atoms with Crippen LogP contribution in [0.25, 0.3) is 10.6 Å². The molecule has 96 valence electrons. The average Bonchev–Trinajstić information content (AvgIpc) is 2.88. The number of nitrogens with two attached hydrogens (primary N) is 1. The smallest absolute Gasteiger partial charge is 0.123 e. The van der Waals surface area contributed by atoms with Crippen molar-refractivity contribution in [2.45, 2.75) is 26.5 Å². The minimum Gasteiger partial charge on any atom is -0.377 e. The Bertz CT molecular complexity index is 496. The topological polar surface area (TPSA) is 48.1 Å². The van der Waals surface area contributed by atoms with Gasteiger partial charge in [-0.05, 0) is 18.1 Å². The average molecular weight is 262 g/mol. The van der Waals surface area contributed by atoms with E-state index in [1.54, 1.807) is 11.3 Å². The quantitative estimate of drug-likeness (QED) is 0.813. The first-order valence-electron chi connectivity index (χ1n) is 6.15. The highest BCUT2D eigenvalue weighted by atomic mass is 32.1. The summed E-state index contributed by atoms with van der Waals surface area (Å²) in [4.78, 5) is 4.49. The second kappa shape index (κ2) is 6.64. The van der Waals surface area contributed by atoms with Crippen molar-refractivity contribution in [3.05, 3.63) is 40.9 Å². The maximum atomic E-state index is 5.58. The Balaban J connectivity index is 2.11. The van der Waals surface area contributed by atoms with Gasteiger partial charge >= 0.3 is 0 Å². The second-order valence-electron chi connectivity index (χ2n) is 4.10. The highest BCUT2D eigenvalue weighted by molar-refractivity contribution is 7.13. The van der Waals surface area contributed by atoms with Gasteiger partial charge in [0.15, 0.2) is 0 Å². The van der Waals surface area contributed by atoms with E-state index in [9.17, 15) is 0 Å². The van der Waals surface area contributed by atoms with Crippen LogP contribution in [0.4, 0.5) is 0 Å². The van der Waals surface area contributed by atoms with Crippen LogP contribution in [0.5, 0.6) is 0 Å². The lowest BCUT2D eigenvalue weighted by Gasteiger charge is -2.04. The number of thiazole rings is 1. The number of hydrogen-bond donors (Lipinski definition) is 1. The van der Waals surface area contributed by atoms with Crippen molar-refractivity contribution in [1.82, 2.24) is 4.98 Å². The summed E-state index contributed by atoms with van der Waals surface area (Å²) < 4.78 is 5.55. The predicted octanol–water partition coefficient (Wildman–Crippen LogP) is 3.20. The van der Waals surface area contributed by atoms with E-state index in [-0.39, 0.29) is 0 Å². The summed E-state index contributed by atoms with van der Waals surface area (Å²) in [7, 11) is 0. The summed E-state index contributed by atoms with van der Waals surface area (Å²) in [5, 5.41) is 3.03. The number of hydrogen-bond acceptors (Lipinski definition) is 4. The highest BCUT2D eigenvalue weighted by Gasteiger charge is 2.04. The molecule has 0 spiro atoms. The van der Waals surface area contributed by atoms with Crippen molar-refractivity contribution < 1.29 is 4.74 Å². The Morgan fingerprint density at radius 3 is 3.00 bits per heavy atom. The molecule has 3 nitrogen and oxygen atoms in total. The molecule has 0 saturated carbocycles. The molecule has 2 aromatic rings. The van der Waals surface area contributed by atoms with E-state index in [1.807, 2.05) is 11.4 Å². The molecule has 0 aliphatic heterocycles. The number of ether oxygens (including phenoxy) is 1. The first kappa shape index (κ1) is 13.2. The summed E-state index contributed by atoms with van der Waals surface area (Å²) in [5.74, 6) is 0. The predicted molar refractivity (Wildman–Crippen MR) is 75.4 cm³/mol. The van der Waals surface area contributed by atoms with Crippen LogP contribution in [0, 0.1) is 0 Å². The van der Waals surface area contributed by atoms with Crippen molar-refractivity contribution in [2.75, 3.05) is 6.61 Å². The van der Waals surface area contributed by atoms with E-state index >= 15 is 0 Å². The molecule has 18 heavy (non-hydrogen) atoms. The summed E-state index contributed by atoms with van der Waals surface area (Å²) >= 11 is 1.63. The Morgan fingerprint density at radius 2 is 2.28 bits per heavy atom. The molecule has 0 saturated heterocycles. The van der Waals surface area contributed by atoms with Crippen LogP contribution in [-0.4, -0.2) is 11.6 Å². The molecule has 0 fully saturated rings. The van der Waals surface area contributed by atoms with Crippen molar-refractivity contribution in [3.8, 4) is 10.6 Å². The van der Waals surface area contributed by atoms with Gasteiger partial charge in [0.2, 0.25) is 0 Å². The fourth-order valence-corrected chi connectivity index (χ4v) is 2.49. The van der Waals surface area contributed by atoms with Crippen molar-refractivity contribution >= 4 is 11.3 Å².